The Balaban J connectivity index is 2.16. The van der Waals surface area contributed by atoms with Gasteiger partial charge in [-0.25, -0.2) is 0 Å². The van der Waals surface area contributed by atoms with Crippen molar-refractivity contribution in [3.05, 3.63) is 69.8 Å². The van der Waals surface area contributed by atoms with Crippen LogP contribution < -0.4 is 0 Å². The summed E-state index contributed by atoms with van der Waals surface area (Å²) in [5.74, 6) is -0.0660. The molecular weight excluding hydrogens is 256 g/mol. The number of carbonyl (C=O) groups is 1. The maximum absolute atomic E-state index is 12.1. The van der Waals surface area contributed by atoms with Gasteiger partial charge in [-0.1, -0.05) is 24.3 Å². The zero-order valence-electron chi connectivity index (χ0n) is 10.4. The van der Waals surface area contributed by atoms with Crippen molar-refractivity contribution >= 4 is 22.9 Å². The van der Waals surface area contributed by atoms with Gasteiger partial charge in [0.2, 0.25) is 0 Å². The van der Waals surface area contributed by atoms with E-state index in [0.29, 0.717) is 22.5 Å². The maximum Gasteiger partial charge on any atom is 0.278 e. The smallest absolute Gasteiger partial charge is 0.278 e. The summed E-state index contributed by atoms with van der Waals surface area (Å²) in [6.07, 6.45) is 0.0852. The first-order valence-corrected chi connectivity index (χ1v) is 6.10. The van der Waals surface area contributed by atoms with Crippen molar-refractivity contribution in [3.63, 3.8) is 0 Å². The first kappa shape index (κ1) is 12.2. The van der Waals surface area contributed by atoms with Gasteiger partial charge in [-0.3, -0.25) is 19.9 Å². The molecule has 1 heterocycles. The van der Waals surface area contributed by atoms with Gasteiger partial charge in [0.1, 0.15) is 0 Å². The molecule has 2 aromatic carbocycles. The summed E-state index contributed by atoms with van der Waals surface area (Å²) in [6.45, 7) is 0. The van der Waals surface area contributed by atoms with E-state index in [1.54, 1.807) is 42.5 Å². The van der Waals surface area contributed by atoms with Crippen molar-refractivity contribution in [2.24, 2.45) is 4.99 Å². The van der Waals surface area contributed by atoms with Crippen molar-refractivity contribution < 1.29 is 9.72 Å². The molecule has 0 aromatic heterocycles. The third kappa shape index (κ3) is 1.99. The third-order valence-corrected chi connectivity index (χ3v) is 3.20. The summed E-state index contributed by atoms with van der Waals surface area (Å²) in [5, 5.41) is 11.1. The van der Waals surface area contributed by atoms with Crippen molar-refractivity contribution in [2.75, 3.05) is 0 Å². The van der Waals surface area contributed by atoms with Crippen molar-refractivity contribution in [1.82, 2.24) is 0 Å². The Morgan fingerprint density at radius 1 is 1.00 bits per heavy atom. The second-order valence-electron chi connectivity index (χ2n) is 4.45. The first-order valence-electron chi connectivity index (χ1n) is 6.10. The van der Waals surface area contributed by atoms with Crippen LogP contribution in [0.4, 0.5) is 11.4 Å². The molecular formula is C15H10N2O3. The predicted octanol–water partition coefficient (Wildman–Crippen LogP) is 3.30. The van der Waals surface area contributed by atoms with Crippen LogP contribution in [0.2, 0.25) is 0 Å². The second kappa shape index (κ2) is 4.70. The van der Waals surface area contributed by atoms with Gasteiger partial charge in [-0.2, -0.15) is 0 Å². The Bertz CT molecular complexity index is 750. The van der Waals surface area contributed by atoms with E-state index in [2.05, 4.69) is 4.99 Å². The zero-order valence-corrected chi connectivity index (χ0v) is 10.4. The van der Waals surface area contributed by atoms with Crippen LogP contribution in [0.15, 0.2) is 53.5 Å². The lowest BCUT2D eigenvalue weighted by molar-refractivity contribution is -0.385. The molecule has 98 valence electrons. The Morgan fingerprint density at radius 2 is 1.65 bits per heavy atom. The zero-order chi connectivity index (χ0) is 14.1. The Labute approximate surface area is 114 Å². The topological polar surface area (TPSA) is 72.6 Å². The number of nitro groups is 1. The van der Waals surface area contributed by atoms with E-state index in [-0.39, 0.29) is 17.9 Å². The monoisotopic (exact) mass is 266 g/mol. The molecule has 5 heteroatoms. The number of ketones is 1. The molecule has 3 rings (SSSR count). The van der Waals surface area contributed by atoms with E-state index in [9.17, 15) is 14.9 Å². The lowest BCUT2D eigenvalue weighted by Gasteiger charge is -2.14. The van der Waals surface area contributed by atoms with E-state index in [0.717, 1.165) is 0 Å². The summed E-state index contributed by atoms with van der Waals surface area (Å²) in [7, 11) is 0. The van der Waals surface area contributed by atoms with Crippen LogP contribution in [0.3, 0.4) is 0 Å². The SMILES string of the molecule is O=C1CC(c2ccccc2[N+](=O)[O-])=Nc2ccccc21. The van der Waals surface area contributed by atoms with Crippen LogP contribution in [0.5, 0.6) is 0 Å². The highest BCUT2D eigenvalue weighted by molar-refractivity contribution is 6.21. The molecule has 0 N–H and O–H groups in total. The van der Waals surface area contributed by atoms with Gasteiger partial charge in [0.15, 0.2) is 5.78 Å². The molecule has 20 heavy (non-hydrogen) atoms. The summed E-state index contributed by atoms with van der Waals surface area (Å²) in [5.41, 5.74) is 1.95. The number of hydrogen-bond donors (Lipinski definition) is 0. The molecule has 0 aliphatic carbocycles. The van der Waals surface area contributed by atoms with E-state index < -0.39 is 4.92 Å². The van der Waals surface area contributed by atoms with Crippen molar-refractivity contribution in [1.29, 1.82) is 0 Å². The molecule has 5 nitrogen and oxygen atoms in total. The lowest BCUT2D eigenvalue weighted by atomic mass is 9.95. The number of fused-ring (bicyclic) bond motifs is 1. The molecule has 0 saturated heterocycles. The normalized spacial score (nSPS) is 13.6. The standard InChI is InChI=1S/C15H10N2O3/c18-15-9-13(16-12-7-3-1-6-11(12)15)10-5-2-4-8-14(10)17(19)20/h1-8H,9H2. The van der Waals surface area contributed by atoms with Crippen LogP contribution in [-0.2, 0) is 0 Å². The minimum atomic E-state index is -0.456. The molecule has 0 amide bonds. The van der Waals surface area contributed by atoms with Crippen LogP contribution in [0.1, 0.15) is 22.3 Å². The van der Waals surface area contributed by atoms with Gasteiger partial charge in [-0.15, -0.1) is 0 Å². The fourth-order valence-corrected chi connectivity index (χ4v) is 2.27. The molecule has 0 spiro atoms. The largest absolute Gasteiger partial charge is 0.294 e. The Morgan fingerprint density at radius 3 is 2.40 bits per heavy atom. The molecule has 0 bridgehead atoms. The van der Waals surface area contributed by atoms with Crippen molar-refractivity contribution in [3.8, 4) is 0 Å². The molecule has 2 aromatic rings. The van der Waals surface area contributed by atoms with Gasteiger partial charge in [0, 0.05) is 11.6 Å². The number of carbonyl (C=O) groups excluding carboxylic acids is 1. The van der Waals surface area contributed by atoms with Gasteiger partial charge < -0.3 is 0 Å². The number of benzene rings is 2. The number of nitrogens with zero attached hydrogens (tertiary/aromatic N) is 2. The predicted molar refractivity (Wildman–Crippen MR) is 74.7 cm³/mol. The summed E-state index contributed by atoms with van der Waals surface area (Å²) in [4.78, 5) is 27.1. The molecule has 0 fully saturated rings. The molecule has 1 aliphatic heterocycles. The first-order chi connectivity index (χ1) is 9.66. The summed E-state index contributed by atoms with van der Waals surface area (Å²) >= 11 is 0. The maximum atomic E-state index is 12.1. The van der Waals surface area contributed by atoms with Gasteiger partial charge in [-0.05, 0) is 18.2 Å². The van der Waals surface area contributed by atoms with Crippen LogP contribution in [0.25, 0.3) is 0 Å². The number of nitro benzene ring substituents is 1. The molecule has 0 saturated carbocycles. The highest BCUT2D eigenvalue weighted by atomic mass is 16.6. The second-order valence-corrected chi connectivity index (χ2v) is 4.45. The number of aliphatic imine (C=N–C) groups is 1. The van der Waals surface area contributed by atoms with Crippen LogP contribution in [-0.4, -0.2) is 16.4 Å². The molecule has 1 aliphatic rings. The van der Waals surface area contributed by atoms with Crippen molar-refractivity contribution in [2.45, 2.75) is 6.42 Å². The van der Waals surface area contributed by atoms with E-state index >= 15 is 0 Å². The molecule has 0 unspecified atom stereocenters. The molecule has 0 atom stereocenters. The highest BCUT2D eigenvalue weighted by Crippen LogP contribution is 2.30. The minimum absolute atomic E-state index is 0.0292. The van der Waals surface area contributed by atoms with E-state index in [4.69, 9.17) is 0 Å². The van der Waals surface area contributed by atoms with Gasteiger partial charge in [0.05, 0.1) is 28.3 Å². The number of para-hydroxylation sites is 2. The fourth-order valence-electron chi connectivity index (χ4n) is 2.27. The Kier molecular flexibility index (Phi) is 2.87. The van der Waals surface area contributed by atoms with E-state index in [1.165, 1.54) is 6.07 Å². The van der Waals surface area contributed by atoms with Crippen LogP contribution >= 0.6 is 0 Å². The quantitative estimate of drug-likeness (QED) is 0.618. The molecule has 0 radical (unpaired) electrons. The fraction of sp³-hybridized carbons (Fsp3) is 0.0667. The van der Waals surface area contributed by atoms with Crippen LogP contribution in [0, 0.1) is 10.1 Å². The average molecular weight is 266 g/mol. The number of rotatable bonds is 2. The van der Waals surface area contributed by atoms with E-state index in [1.807, 2.05) is 0 Å². The van der Waals surface area contributed by atoms with Gasteiger partial charge >= 0.3 is 0 Å². The third-order valence-electron chi connectivity index (χ3n) is 3.20. The lowest BCUT2D eigenvalue weighted by Crippen LogP contribution is -2.15. The van der Waals surface area contributed by atoms with Gasteiger partial charge in [0.25, 0.3) is 5.69 Å². The number of hydrogen-bond acceptors (Lipinski definition) is 4. The Hall–Kier alpha value is -2.82. The number of Topliss-reactive ketones (excluding diaryl/α,β-unsaturated/α-hetero) is 1. The summed E-state index contributed by atoms with van der Waals surface area (Å²) in [6, 6.07) is 13.4. The highest BCUT2D eigenvalue weighted by Gasteiger charge is 2.25. The average Bonchev–Trinajstić information content (AvgIpc) is 2.47. The minimum Gasteiger partial charge on any atom is -0.294 e. The summed E-state index contributed by atoms with van der Waals surface area (Å²) < 4.78 is 0.